The Morgan fingerprint density at radius 1 is 1.14 bits per heavy atom. The quantitative estimate of drug-likeness (QED) is 0.439. The number of rotatable bonds is 3. The lowest BCUT2D eigenvalue weighted by molar-refractivity contribution is -0.137. The Bertz CT molecular complexity index is 1030. The topological polar surface area (TPSA) is 50.7 Å². The van der Waals surface area contributed by atoms with Gasteiger partial charge >= 0.3 is 0 Å². The number of allylic oxidation sites excluding steroid dienone is 1. The molecule has 1 aromatic carbocycles. The van der Waals surface area contributed by atoms with E-state index in [4.69, 9.17) is 9.99 Å². The molecule has 4 aliphatic carbocycles. The molecule has 0 radical (unpaired) electrons. The van der Waals surface area contributed by atoms with E-state index in [0.29, 0.717) is 18.3 Å². The highest BCUT2D eigenvalue weighted by Crippen LogP contribution is 2.68. The number of benzene rings is 1. The number of oxime groups is 1. The maximum Gasteiger partial charge on any atom is 0.173 e. The Balaban J connectivity index is 1.36. The molecule has 188 valence electrons. The van der Waals surface area contributed by atoms with Gasteiger partial charge in [-0.15, -0.1) is 0 Å². The molecule has 4 saturated carbocycles. The molecule has 6 rings (SSSR count). The lowest BCUT2D eigenvalue weighted by atomic mass is 9.42. The van der Waals surface area contributed by atoms with E-state index in [1.807, 2.05) is 6.92 Å². The van der Waals surface area contributed by atoms with E-state index < -0.39 is 11.6 Å². The molecule has 5 aliphatic rings. The molecule has 0 spiro atoms. The number of nitrogens with zero attached hydrogens (tertiary/aromatic N) is 1. The first-order valence-corrected chi connectivity index (χ1v) is 13.7. The van der Waals surface area contributed by atoms with Gasteiger partial charge in [-0.1, -0.05) is 61.5 Å². The summed E-state index contributed by atoms with van der Waals surface area (Å²) in [4.78, 5) is 18.9. The summed E-state index contributed by atoms with van der Waals surface area (Å²) in [5, 5.41) is 8.17. The largest absolute Gasteiger partial charge is 0.391 e. The Morgan fingerprint density at radius 3 is 2.69 bits per heavy atom. The molecule has 1 aromatic rings. The summed E-state index contributed by atoms with van der Waals surface area (Å²) < 4.78 is 14.7. The van der Waals surface area contributed by atoms with Crippen LogP contribution in [-0.2, 0) is 9.63 Å². The molecule has 1 aliphatic heterocycles. The zero-order valence-corrected chi connectivity index (χ0v) is 21.1. The molecule has 1 saturated heterocycles. The summed E-state index contributed by atoms with van der Waals surface area (Å²) in [6, 6.07) is 10.8. The van der Waals surface area contributed by atoms with E-state index in [1.165, 1.54) is 11.1 Å². The van der Waals surface area contributed by atoms with Gasteiger partial charge in [0.1, 0.15) is 6.10 Å². The molecule has 1 N–H and O–H groups in total. The van der Waals surface area contributed by atoms with Gasteiger partial charge in [-0.25, -0.2) is 4.39 Å². The zero-order valence-electron chi connectivity index (χ0n) is 21.1. The van der Waals surface area contributed by atoms with Crippen molar-refractivity contribution in [3.8, 4) is 0 Å². The zero-order chi connectivity index (χ0) is 24.4. The lowest BCUT2D eigenvalue weighted by Gasteiger charge is -2.61. The minimum Gasteiger partial charge on any atom is -0.391 e. The number of Topliss-reactive ketones (excluding diaryl/α,β-unsaturated/α-hetero) is 1. The van der Waals surface area contributed by atoms with Gasteiger partial charge in [0.15, 0.2) is 12.0 Å². The first kappa shape index (κ1) is 23.4. The number of fused-ring (bicyclic) bond motifs is 5. The van der Waals surface area contributed by atoms with E-state index in [9.17, 15) is 9.18 Å². The predicted molar refractivity (Wildman–Crippen MR) is 136 cm³/mol. The van der Waals surface area contributed by atoms with Gasteiger partial charge in [0.2, 0.25) is 0 Å². The van der Waals surface area contributed by atoms with Crippen LogP contribution in [0.3, 0.4) is 0 Å². The summed E-state index contributed by atoms with van der Waals surface area (Å²) in [5.74, 6) is 1.28. The molecule has 1 heterocycles. The third-order valence-electron chi connectivity index (χ3n) is 10.7. The van der Waals surface area contributed by atoms with E-state index in [2.05, 4.69) is 49.2 Å². The first-order valence-electron chi connectivity index (χ1n) is 13.7. The molecule has 5 fully saturated rings. The lowest BCUT2D eigenvalue weighted by Crippen LogP contribution is -2.56. The summed E-state index contributed by atoms with van der Waals surface area (Å²) in [7, 11) is 0. The Kier molecular flexibility index (Phi) is 5.71. The molecule has 0 amide bonds. The summed E-state index contributed by atoms with van der Waals surface area (Å²) in [6.07, 6.45) is 4.95. The Morgan fingerprint density at radius 2 is 1.94 bits per heavy atom. The average molecular weight is 479 g/mol. The van der Waals surface area contributed by atoms with Crippen molar-refractivity contribution >= 4 is 11.5 Å². The van der Waals surface area contributed by atoms with Crippen LogP contribution in [0.25, 0.3) is 0 Å². The van der Waals surface area contributed by atoms with Gasteiger partial charge in [-0.2, -0.15) is 0 Å². The van der Waals surface area contributed by atoms with Crippen LogP contribution in [0, 0.1) is 34.5 Å². The number of hydrogen-bond donors (Lipinski definition) is 1. The van der Waals surface area contributed by atoms with E-state index in [1.54, 1.807) is 0 Å². The van der Waals surface area contributed by atoms with Crippen LogP contribution in [0.15, 0.2) is 47.6 Å². The monoisotopic (exact) mass is 478 g/mol. The van der Waals surface area contributed by atoms with Gasteiger partial charge < -0.3 is 10.2 Å². The minimum absolute atomic E-state index is 0.0627. The van der Waals surface area contributed by atoms with Gasteiger partial charge in [-0.05, 0) is 79.7 Å². The van der Waals surface area contributed by atoms with Gasteiger partial charge in [0, 0.05) is 24.3 Å². The Hall–Kier alpha value is -2.01. The molecule has 0 bridgehead atoms. The van der Waals surface area contributed by atoms with E-state index >= 15 is 0 Å². The van der Waals surface area contributed by atoms with Crippen LogP contribution in [0.5, 0.6) is 0 Å². The molecule has 4 nitrogen and oxygen atoms in total. The van der Waals surface area contributed by atoms with Crippen LogP contribution >= 0.6 is 0 Å². The maximum atomic E-state index is 14.7. The highest BCUT2D eigenvalue weighted by atomic mass is 19.1. The van der Waals surface area contributed by atoms with Crippen LogP contribution in [0.4, 0.5) is 4.39 Å². The summed E-state index contributed by atoms with van der Waals surface area (Å²) in [6.45, 7) is 11.0. The average Bonchev–Trinajstić information content (AvgIpc) is 3.45. The van der Waals surface area contributed by atoms with E-state index in [-0.39, 0.29) is 35.1 Å². The smallest absolute Gasteiger partial charge is 0.173 e. The highest BCUT2D eigenvalue weighted by Gasteiger charge is 2.64. The first-order chi connectivity index (χ1) is 16.8. The molecule has 35 heavy (non-hydrogen) atoms. The van der Waals surface area contributed by atoms with Crippen LogP contribution in [0.2, 0.25) is 0 Å². The number of halogens is 1. The fourth-order valence-electron chi connectivity index (χ4n) is 8.98. The van der Waals surface area contributed by atoms with Crippen LogP contribution < -0.4 is 5.32 Å². The third-order valence-corrected chi connectivity index (χ3v) is 10.7. The second-order valence-electron chi connectivity index (χ2n) is 12.4. The van der Waals surface area contributed by atoms with Gasteiger partial charge in [0.25, 0.3) is 0 Å². The van der Waals surface area contributed by atoms with Crippen molar-refractivity contribution in [2.24, 2.45) is 39.7 Å². The van der Waals surface area contributed by atoms with Gasteiger partial charge in [0.05, 0.1) is 5.71 Å². The fourth-order valence-corrected chi connectivity index (χ4v) is 8.98. The van der Waals surface area contributed by atoms with Crippen molar-refractivity contribution < 1.29 is 14.0 Å². The second kappa shape index (κ2) is 8.54. The predicted octanol–water partition coefficient (Wildman–Crippen LogP) is 5.84. The number of hydrogen-bond acceptors (Lipinski definition) is 4. The van der Waals surface area contributed by atoms with Crippen molar-refractivity contribution in [2.75, 3.05) is 13.1 Å². The van der Waals surface area contributed by atoms with Crippen molar-refractivity contribution in [1.82, 2.24) is 5.32 Å². The Labute approximate surface area is 208 Å². The maximum absolute atomic E-state index is 14.7. The molecule has 0 aromatic heterocycles. The summed E-state index contributed by atoms with van der Waals surface area (Å²) >= 11 is 0. The SMILES string of the molecule is C=C1CC2C3CC(F)C(=O)C3(C)CCC2C2(C)CCC(=NOC3CCNC3)C(c3ccccc3)C12. The molecule has 9 atom stereocenters. The number of nitrogens with one attached hydrogen (secondary N) is 1. The van der Waals surface area contributed by atoms with Crippen molar-refractivity contribution in [3.05, 3.63) is 48.0 Å². The molecular weight excluding hydrogens is 439 g/mol. The van der Waals surface area contributed by atoms with Crippen LogP contribution in [-0.4, -0.2) is 36.9 Å². The minimum atomic E-state index is -1.29. The molecule has 5 heteroatoms. The fraction of sp³-hybridized carbons (Fsp3) is 0.667. The number of ketones is 1. The number of carbonyl (C=O) groups excluding carboxylic acids is 1. The summed E-state index contributed by atoms with van der Waals surface area (Å²) in [5.41, 5.74) is 3.26. The normalized spacial score (nSPS) is 46.3. The molecule has 9 unspecified atom stereocenters. The van der Waals surface area contributed by atoms with E-state index in [0.717, 1.165) is 57.3 Å². The van der Waals surface area contributed by atoms with Crippen LogP contribution in [0.1, 0.15) is 70.3 Å². The second-order valence-corrected chi connectivity index (χ2v) is 12.4. The third kappa shape index (κ3) is 3.55. The van der Waals surface area contributed by atoms with Crippen molar-refractivity contribution in [3.63, 3.8) is 0 Å². The van der Waals surface area contributed by atoms with Crippen molar-refractivity contribution in [1.29, 1.82) is 0 Å². The standard InChI is InChI=1S/C30H39FN2O2/c1-18-15-21-22(9-12-30(3)23(21)16-24(31)28(30)34)29(2)13-10-25(33-35-20-11-14-32-17-20)26(27(18)29)19-7-5-4-6-8-19/h4-8,20-24,26-27,32H,1,9-17H2,2-3H3. The molecular formula is C30H39FN2O2. The highest BCUT2D eigenvalue weighted by molar-refractivity contribution is 5.93. The van der Waals surface area contributed by atoms with Crippen molar-refractivity contribution in [2.45, 2.75) is 77.0 Å². The number of alkyl halides is 1. The number of carbonyl (C=O) groups is 1. The van der Waals surface area contributed by atoms with Gasteiger partial charge in [-0.3, -0.25) is 4.79 Å².